The van der Waals surface area contributed by atoms with Crippen LogP contribution in [0.25, 0.3) is 16.7 Å². The lowest BCUT2D eigenvalue weighted by Gasteiger charge is -2.07. The van der Waals surface area contributed by atoms with Crippen LogP contribution in [0.3, 0.4) is 0 Å². The van der Waals surface area contributed by atoms with E-state index in [2.05, 4.69) is 4.98 Å². The Morgan fingerprint density at radius 1 is 1.25 bits per heavy atom. The maximum atomic E-state index is 13.8. The highest BCUT2D eigenvalue weighted by Crippen LogP contribution is 2.27. The third-order valence-electron chi connectivity index (χ3n) is 3.05. The van der Waals surface area contributed by atoms with Crippen molar-refractivity contribution in [3.05, 3.63) is 45.8 Å². The Hall–Kier alpha value is -1.83. The molecule has 0 saturated heterocycles. The van der Waals surface area contributed by atoms with Crippen LogP contribution in [0.1, 0.15) is 0 Å². The molecule has 0 bridgehead atoms. The van der Waals surface area contributed by atoms with Gasteiger partial charge in [-0.1, -0.05) is 0 Å². The van der Waals surface area contributed by atoms with Crippen molar-refractivity contribution in [1.82, 2.24) is 9.55 Å². The zero-order valence-corrected chi connectivity index (χ0v) is 12.8. The number of nitrogen functional groups attached to an aromatic ring is 1. The first-order chi connectivity index (χ1) is 9.60. The molecule has 2 N–H and O–H groups in total. The molecule has 20 heavy (non-hydrogen) atoms. The molecule has 1 aromatic heterocycles. The average molecular weight is 383 g/mol. The van der Waals surface area contributed by atoms with E-state index in [1.54, 1.807) is 17.7 Å². The minimum Gasteiger partial charge on any atom is -0.497 e. The quantitative estimate of drug-likeness (QED) is 0.691. The van der Waals surface area contributed by atoms with Gasteiger partial charge in [0.25, 0.3) is 0 Å². The number of hydrogen-bond donors (Lipinski definition) is 1. The molecule has 0 amide bonds. The normalized spacial score (nSPS) is 10.9. The lowest BCUT2D eigenvalue weighted by atomic mass is 10.2. The van der Waals surface area contributed by atoms with E-state index in [0.717, 1.165) is 11.4 Å². The summed E-state index contributed by atoms with van der Waals surface area (Å²) in [5.41, 5.74) is 8.08. The van der Waals surface area contributed by atoms with Gasteiger partial charge in [-0.25, -0.2) is 9.37 Å². The molecule has 102 valence electrons. The van der Waals surface area contributed by atoms with Gasteiger partial charge in [0.2, 0.25) is 5.95 Å². The van der Waals surface area contributed by atoms with Crippen molar-refractivity contribution in [2.75, 3.05) is 12.8 Å². The second-order valence-electron chi connectivity index (χ2n) is 4.26. The highest BCUT2D eigenvalue weighted by Gasteiger charge is 2.13. The van der Waals surface area contributed by atoms with Gasteiger partial charge < -0.3 is 10.5 Å². The number of aromatic nitrogens is 2. The molecule has 2 aromatic carbocycles. The smallest absolute Gasteiger partial charge is 0.205 e. The number of halogens is 2. The third-order valence-corrected chi connectivity index (χ3v) is 3.88. The van der Waals surface area contributed by atoms with E-state index in [1.165, 1.54) is 6.07 Å². The standard InChI is InChI=1S/C14H11FIN3O/c1-20-9-4-2-8(3-5-9)19-13-6-10(15)11(16)7-12(13)18-14(19)17/h2-7H,1H3,(H2,17,18). The van der Waals surface area contributed by atoms with Crippen LogP contribution in [-0.4, -0.2) is 16.7 Å². The molecule has 0 fully saturated rings. The van der Waals surface area contributed by atoms with Gasteiger partial charge in [0, 0.05) is 11.8 Å². The van der Waals surface area contributed by atoms with Crippen molar-refractivity contribution in [3.63, 3.8) is 0 Å². The number of ether oxygens (including phenoxy) is 1. The molecule has 0 radical (unpaired) electrons. The number of nitrogens with zero attached hydrogens (tertiary/aromatic N) is 2. The van der Waals surface area contributed by atoms with Gasteiger partial charge in [-0.3, -0.25) is 4.57 Å². The molecule has 0 atom stereocenters. The van der Waals surface area contributed by atoms with Gasteiger partial charge in [-0.05, 0) is 52.9 Å². The topological polar surface area (TPSA) is 53.1 Å². The fourth-order valence-electron chi connectivity index (χ4n) is 2.09. The van der Waals surface area contributed by atoms with Crippen LogP contribution in [0.2, 0.25) is 0 Å². The third kappa shape index (κ3) is 2.09. The zero-order chi connectivity index (χ0) is 14.3. The Bertz CT molecular complexity index is 783. The highest BCUT2D eigenvalue weighted by molar-refractivity contribution is 14.1. The van der Waals surface area contributed by atoms with Crippen LogP contribution in [0.4, 0.5) is 10.3 Å². The first-order valence-corrected chi connectivity index (χ1v) is 6.95. The van der Waals surface area contributed by atoms with Crippen LogP contribution in [-0.2, 0) is 0 Å². The van der Waals surface area contributed by atoms with E-state index in [0.29, 0.717) is 20.6 Å². The van der Waals surface area contributed by atoms with Crippen molar-refractivity contribution in [2.45, 2.75) is 0 Å². The molecule has 0 unspecified atom stereocenters. The number of fused-ring (bicyclic) bond motifs is 1. The second-order valence-corrected chi connectivity index (χ2v) is 5.42. The van der Waals surface area contributed by atoms with Gasteiger partial charge in [0.15, 0.2) is 0 Å². The summed E-state index contributed by atoms with van der Waals surface area (Å²) in [5.74, 6) is 0.789. The monoisotopic (exact) mass is 383 g/mol. The number of nitrogens with two attached hydrogens (primary N) is 1. The minimum absolute atomic E-state index is 0.284. The highest BCUT2D eigenvalue weighted by atomic mass is 127. The fourth-order valence-corrected chi connectivity index (χ4v) is 2.54. The number of benzene rings is 2. The molecule has 6 heteroatoms. The first-order valence-electron chi connectivity index (χ1n) is 5.87. The van der Waals surface area contributed by atoms with Gasteiger partial charge in [-0.15, -0.1) is 0 Å². The molecule has 3 aromatic rings. The summed E-state index contributed by atoms with van der Waals surface area (Å²) >= 11 is 1.94. The van der Waals surface area contributed by atoms with E-state index < -0.39 is 0 Å². The number of imidazole rings is 1. The van der Waals surface area contributed by atoms with E-state index >= 15 is 0 Å². The SMILES string of the molecule is COc1ccc(-n2c(N)nc3cc(I)c(F)cc32)cc1. The molecule has 0 saturated carbocycles. The van der Waals surface area contributed by atoms with Crippen LogP contribution in [0.5, 0.6) is 5.75 Å². The van der Waals surface area contributed by atoms with E-state index in [1.807, 2.05) is 46.9 Å². The van der Waals surface area contributed by atoms with Crippen LogP contribution in [0.15, 0.2) is 36.4 Å². The summed E-state index contributed by atoms with van der Waals surface area (Å²) in [5, 5.41) is 0. The molecule has 0 aliphatic heterocycles. The molecule has 4 nitrogen and oxygen atoms in total. The summed E-state index contributed by atoms with van der Waals surface area (Å²) < 4.78 is 21.1. The first kappa shape index (κ1) is 13.2. The van der Waals surface area contributed by atoms with Crippen LogP contribution < -0.4 is 10.5 Å². The maximum absolute atomic E-state index is 13.8. The molecule has 3 rings (SSSR count). The number of anilines is 1. The van der Waals surface area contributed by atoms with Crippen molar-refractivity contribution in [2.24, 2.45) is 0 Å². The van der Waals surface area contributed by atoms with Crippen molar-refractivity contribution in [3.8, 4) is 11.4 Å². The summed E-state index contributed by atoms with van der Waals surface area (Å²) in [6.07, 6.45) is 0. The predicted molar refractivity (Wildman–Crippen MR) is 84.7 cm³/mol. The summed E-state index contributed by atoms with van der Waals surface area (Å²) in [7, 11) is 1.60. The number of rotatable bonds is 2. The summed E-state index contributed by atoms with van der Waals surface area (Å²) in [6, 6.07) is 10.5. The molecule has 0 spiro atoms. The Labute approximate surface area is 128 Å². The Morgan fingerprint density at radius 2 is 1.95 bits per heavy atom. The van der Waals surface area contributed by atoms with Gasteiger partial charge in [-0.2, -0.15) is 0 Å². The van der Waals surface area contributed by atoms with Crippen molar-refractivity contribution >= 4 is 39.6 Å². The van der Waals surface area contributed by atoms with Crippen LogP contribution >= 0.6 is 22.6 Å². The van der Waals surface area contributed by atoms with Crippen molar-refractivity contribution in [1.29, 1.82) is 0 Å². The predicted octanol–water partition coefficient (Wildman–Crippen LogP) is 3.36. The van der Waals surface area contributed by atoms with E-state index in [9.17, 15) is 4.39 Å². The lowest BCUT2D eigenvalue weighted by Crippen LogP contribution is -2.00. The molecule has 0 aliphatic rings. The number of hydrogen-bond acceptors (Lipinski definition) is 3. The zero-order valence-electron chi connectivity index (χ0n) is 10.6. The minimum atomic E-state index is -0.284. The van der Waals surface area contributed by atoms with Crippen LogP contribution in [0, 0.1) is 9.39 Å². The summed E-state index contributed by atoms with van der Waals surface area (Å²) in [4.78, 5) is 4.27. The second kappa shape index (κ2) is 4.93. The molecule has 0 aliphatic carbocycles. The van der Waals surface area contributed by atoms with Gasteiger partial charge in [0.05, 0.1) is 21.7 Å². The number of methoxy groups -OCH3 is 1. The Balaban J connectivity index is 2.23. The molecule has 1 heterocycles. The Kier molecular flexibility index (Phi) is 3.25. The summed E-state index contributed by atoms with van der Waals surface area (Å²) in [6.45, 7) is 0. The van der Waals surface area contributed by atoms with E-state index in [4.69, 9.17) is 10.5 Å². The molecular weight excluding hydrogens is 372 g/mol. The van der Waals surface area contributed by atoms with Crippen molar-refractivity contribution < 1.29 is 9.13 Å². The lowest BCUT2D eigenvalue weighted by molar-refractivity contribution is 0.415. The Morgan fingerprint density at radius 3 is 2.60 bits per heavy atom. The largest absolute Gasteiger partial charge is 0.497 e. The fraction of sp³-hybridized carbons (Fsp3) is 0.0714. The van der Waals surface area contributed by atoms with Gasteiger partial charge >= 0.3 is 0 Å². The van der Waals surface area contributed by atoms with E-state index in [-0.39, 0.29) is 5.82 Å². The average Bonchev–Trinajstić information content (AvgIpc) is 2.75. The van der Waals surface area contributed by atoms with Gasteiger partial charge in [0.1, 0.15) is 11.6 Å². The molecular formula is C14H11FIN3O. The maximum Gasteiger partial charge on any atom is 0.205 e.